The van der Waals surface area contributed by atoms with Gasteiger partial charge in [-0.2, -0.15) is 0 Å². The number of esters is 1. The molecule has 0 radical (unpaired) electrons. The van der Waals surface area contributed by atoms with Crippen LogP contribution in [0.4, 0.5) is 0 Å². The van der Waals surface area contributed by atoms with Gasteiger partial charge in [-0.1, -0.05) is 166 Å². The molecule has 0 aliphatic heterocycles. The van der Waals surface area contributed by atoms with E-state index < -0.39 is 13.9 Å². The first kappa shape index (κ1) is 52.7. The number of phosphoric acid groups is 1. The number of hydrogen-bond donors (Lipinski definition) is 0. The van der Waals surface area contributed by atoms with E-state index in [1.54, 1.807) is 0 Å². The van der Waals surface area contributed by atoms with Crippen LogP contribution in [0, 0.1) is 0 Å². The Morgan fingerprint density at radius 2 is 1.02 bits per heavy atom. The van der Waals surface area contributed by atoms with E-state index in [2.05, 4.69) is 50.3 Å². The predicted molar refractivity (Wildman–Crippen MR) is 227 cm³/mol. The van der Waals surface area contributed by atoms with Crippen molar-refractivity contribution in [3.8, 4) is 0 Å². The highest BCUT2D eigenvalue weighted by molar-refractivity contribution is 7.45. The van der Waals surface area contributed by atoms with E-state index >= 15 is 0 Å². The van der Waals surface area contributed by atoms with Gasteiger partial charge in [0.15, 0.2) is 0 Å². The largest absolute Gasteiger partial charge is 0.756 e. The normalized spacial score (nSPS) is 14.1. The number of rotatable bonds is 41. The molecule has 318 valence electrons. The van der Waals surface area contributed by atoms with Gasteiger partial charge in [0.1, 0.15) is 19.3 Å². The van der Waals surface area contributed by atoms with Crippen molar-refractivity contribution in [2.75, 3.05) is 54.1 Å². The third-order valence-corrected chi connectivity index (χ3v) is 10.4. The molecule has 0 saturated heterocycles. The van der Waals surface area contributed by atoms with Crippen LogP contribution in [0.15, 0.2) is 36.5 Å². The minimum Gasteiger partial charge on any atom is -0.756 e. The average Bonchev–Trinajstić information content (AvgIpc) is 3.12. The SMILES string of the molecule is CCCCC/C=C\C/C=C\C/C=C\CCCCCCCCCOCC(COP(=O)([O-])OCC[N+](C)(C)C)OC(=O)CCCCCCCCCCCCCC. The van der Waals surface area contributed by atoms with Gasteiger partial charge in [-0.3, -0.25) is 9.36 Å². The molecule has 0 aromatic rings. The van der Waals surface area contributed by atoms with Crippen LogP contribution in [-0.2, 0) is 27.9 Å². The number of quaternary nitrogens is 1. The average molecular weight is 784 g/mol. The van der Waals surface area contributed by atoms with Crippen LogP contribution in [0.2, 0.25) is 0 Å². The summed E-state index contributed by atoms with van der Waals surface area (Å²) >= 11 is 0. The van der Waals surface area contributed by atoms with E-state index in [0.717, 1.165) is 51.4 Å². The number of phosphoric ester groups is 1. The summed E-state index contributed by atoms with van der Waals surface area (Å²) in [6.45, 7) is 5.37. The third-order valence-electron chi connectivity index (χ3n) is 9.44. The number of unbranched alkanes of at least 4 members (excludes halogenated alkanes) is 21. The fourth-order valence-electron chi connectivity index (χ4n) is 5.96. The quantitative estimate of drug-likeness (QED) is 0.0200. The van der Waals surface area contributed by atoms with Gasteiger partial charge in [0, 0.05) is 13.0 Å². The van der Waals surface area contributed by atoms with Crippen LogP contribution >= 0.6 is 7.82 Å². The Kier molecular flexibility index (Phi) is 37.7. The monoisotopic (exact) mass is 784 g/mol. The summed E-state index contributed by atoms with van der Waals surface area (Å²) in [6.07, 6.45) is 44.4. The highest BCUT2D eigenvalue weighted by Gasteiger charge is 2.20. The molecular weight excluding hydrogens is 697 g/mol. The highest BCUT2D eigenvalue weighted by atomic mass is 31.2. The topological polar surface area (TPSA) is 94.1 Å². The van der Waals surface area contributed by atoms with Crippen molar-refractivity contribution in [3.05, 3.63) is 36.5 Å². The zero-order chi connectivity index (χ0) is 39.9. The van der Waals surface area contributed by atoms with Gasteiger partial charge >= 0.3 is 5.97 Å². The first-order chi connectivity index (χ1) is 26.1. The minimum absolute atomic E-state index is 0.0246. The molecule has 2 unspecified atom stereocenters. The van der Waals surface area contributed by atoms with Crippen LogP contribution in [0.1, 0.15) is 187 Å². The molecule has 0 saturated carbocycles. The predicted octanol–water partition coefficient (Wildman–Crippen LogP) is 12.4. The molecule has 0 rings (SSSR count). The molecule has 0 aromatic carbocycles. The van der Waals surface area contributed by atoms with E-state index in [1.807, 2.05) is 21.1 Å². The van der Waals surface area contributed by atoms with E-state index in [4.69, 9.17) is 18.5 Å². The lowest BCUT2D eigenvalue weighted by Gasteiger charge is -2.28. The van der Waals surface area contributed by atoms with Gasteiger partial charge in [-0.25, -0.2) is 0 Å². The number of hydrogen-bond acceptors (Lipinski definition) is 7. The molecule has 0 aromatic heterocycles. The summed E-state index contributed by atoms with van der Waals surface area (Å²) in [4.78, 5) is 25.0. The smallest absolute Gasteiger partial charge is 0.306 e. The van der Waals surface area contributed by atoms with Crippen LogP contribution in [0.5, 0.6) is 0 Å². The Morgan fingerprint density at radius 3 is 1.56 bits per heavy atom. The second-order valence-corrected chi connectivity index (χ2v) is 17.5. The number of nitrogens with zero attached hydrogens (tertiary/aromatic N) is 1. The molecule has 0 bridgehead atoms. The Balaban J connectivity index is 4.21. The molecule has 0 heterocycles. The highest BCUT2D eigenvalue weighted by Crippen LogP contribution is 2.38. The van der Waals surface area contributed by atoms with E-state index in [0.29, 0.717) is 24.1 Å². The van der Waals surface area contributed by atoms with Crippen LogP contribution < -0.4 is 4.89 Å². The first-order valence-corrected chi connectivity index (χ1v) is 23.7. The standard InChI is InChI=1S/C45H86NO7P/c1-6-8-10-12-14-16-18-20-21-22-23-24-25-26-27-29-31-33-35-37-40-50-42-44(43-52-54(48,49)51-41-39-46(3,4)5)53-45(47)38-36-34-32-30-28-19-17-15-13-11-9-7-2/h14,16,20-21,23-24,44H,6-13,15,17-19,22,25-43H2,1-5H3/b16-14-,21-20-,24-23-. The lowest BCUT2D eigenvalue weighted by atomic mass is 10.0. The van der Waals surface area contributed by atoms with E-state index in [-0.39, 0.29) is 25.8 Å². The molecule has 0 N–H and O–H groups in total. The fraction of sp³-hybridized carbons (Fsp3) is 0.844. The molecule has 0 fully saturated rings. The van der Waals surface area contributed by atoms with Crippen molar-refractivity contribution >= 4 is 13.8 Å². The number of carbonyl (C=O) groups excluding carboxylic acids is 1. The summed E-state index contributed by atoms with van der Waals surface area (Å²) in [5.74, 6) is -0.338. The Labute approximate surface area is 334 Å². The maximum absolute atomic E-state index is 12.6. The van der Waals surface area contributed by atoms with Crippen LogP contribution in [0.3, 0.4) is 0 Å². The van der Waals surface area contributed by atoms with Gasteiger partial charge in [0.25, 0.3) is 7.82 Å². The molecular formula is C45H86NO7P. The van der Waals surface area contributed by atoms with E-state index in [1.165, 1.54) is 116 Å². The number of allylic oxidation sites excluding steroid dienone is 6. The molecule has 9 heteroatoms. The molecule has 0 amide bonds. The van der Waals surface area contributed by atoms with Crippen molar-refractivity contribution < 1.29 is 37.3 Å². The first-order valence-electron chi connectivity index (χ1n) is 22.2. The molecule has 8 nitrogen and oxygen atoms in total. The summed E-state index contributed by atoms with van der Waals surface area (Å²) < 4.78 is 34.6. The van der Waals surface area contributed by atoms with Crippen molar-refractivity contribution in [2.24, 2.45) is 0 Å². The summed E-state index contributed by atoms with van der Waals surface area (Å²) in [7, 11) is 1.35. The van der Waals surface area contributed by atoms with Crippen molar-refractivity contribution in [3.63, 3.8) is 0 Å². The van der Waals surface area contributed by atoms with Crippen LogP contribution in [0.25, 0.3) is 0 Å². The number of carbonyl (C=O) groups is 1. The summed E-state index contributed by atoms with van der Waals surface area (Å²) in [6, 6.07) is 0. The summed E-state index contributed by atoms with van der Waals surface area (Å²) in [5.41, 5.74) is 0. The van der Waals surface area contributed by atoms with Crippen LogP contribution in [-0.4, -0.2) is 70.7 Å². The van der Waals surface area contributed by atoms with Gasteiger partial charge < -0.3 is 27.9 Å². The molecule has 54 heavy (non-hydrogen) atoms. The Hall–Kier alpha value is -1.28. The lowest BCUT2D eigenvalue weighted by molar-refractivity contribution is -0.870. The van der Waals surface area contributed by atoms with Crippen molar-refractivity contribution in [1.29, 1.82) is 0 Å². The number of likely N-dealkylation sites (N-methyl/N-ethyl adjacent to an activating group) is 1. The second-order valence-electron chi connectivity index (χ2n) is 16.1. The zero-order valence-corrected chi connectivity index (χ0v) is 36.8. The number of ether oxygens (including phenoxy) is 2. The van der Waals surface area contributed by atoms with Gasteiger partial charge in [0.05, 0.1) is 34.4 Å². The van der Waals surface area contributed by atoms with Crippen molar-refractivity contribution in [1.82, 2.24) is 0 Å². The van der Waals surface area contributed by atoms with E-state index in [9.17, 15) is 14.3 Å². The molecule has 0 aliphatic rings. The Bertz CT molecular complexity index is 962. The molecule has 2 atom stereocenters. The molecule has 0 spiro atoms. The van der Waals surface area contributed by atoms with Crippen molar-refractivity contribution in [2.45, 2.75) is 193 Å². The second kappa shape index (κ2) is 38.6. The van der Waals surface area contributed by atoms with Gasteiger partial charge in [-0.05, 0) is 51.4 Å². The van der Waals surface area contributed by atoms with Gasteiger partial charge in [0.2, 0.25) is 0 Å². The minimum atomic E-state index is -4.52. The van der Waals surface area contributed by atoms with Gasteiger partial charge in [-0.15, -0.1) is 0 Å². The zero-order valence-electron chi connectivity index (χ0n) is 35.9. The maximum Gasteiger partial charge on any atom is 0.306 e. The lowest BCUT2D eigenvalue weighted by Crippen LogP contribution is -2.37. The summed E-state index contributed by atoms with van der Waals surface area (Å²) in [5, 5.41) is 0. The fourth-order valence-corrected chi connectivity index (χ4v) is 6.69. The molecule has 0 aliphatic carbocycles. The Morgan fingerprint density at radius 1 is 0.574 bits per heavy atom. The maximum atomic E-state index is 12.6. The third kappa shape index (κ3) is 41.9.